The number of amides is 2. The van der Waals surface area contributed by atoms with Crippen molar-refractivity contribution in [1.82, 2.24) is 5.32 Å². The van der Waals surface area contributed by atoms with Gasteiger partial charge in [-0.15, -0.1) is 0 Å². The van der Waals surface area contributed by atoms with Crippen molar-refractivity contribution in [3.05, 3.63) is 70.2 Å². The van der Waals surface area contributed by atoms with Crippen molar-refractivity contribution >= 4 is 40.9 Å². The number of halogens is 1. The molecule has 0 fully saturated rings. The number of carbonyl (C=O) groups excluding carboxylic acids is 2. The molecule has 0 aromatic heterocycles. The van der Waals surface area contributed by atoms with Crippen LogP contribution in [0.5, 0.6) is 0 Å². The zero-order chi connectivity index (χ0) is 15.5. The monoisotopic (exact) mass is 330 g/mol. The molecule has 0 atom stereocenters. The number of thioether (sulfide) groups is 1. The Morgan fingerprint density at radius 2 is 1.59 bits per heavy atom. The summed E-state index contributed by atoms with van der Waals surface area (Å²) in [4.78, 5) is 25.2. The summed E-state index contributed by atoms with van der Waals surface area (Å²) in [6.45, 7) is 0. The summed E-state index contributed by atoms with van der Waals surface area (Å²) in [5.74, 6) is -0.825. The minimum absolute atomic E-state index is 0.251. The SMILES string of the molecule is O=C1NC(=O)C(Sc2ccccc2)=C1Nc1ccc(Cl)cc1. The lowest BCUT2D eigenvalue weighted by atomic mass is 10.3. The van der Waals surface area contributed by atoms with Crippen LogP contribution in [0.1, 0.15) is 0 Å². The molecule has 1 aliphatic heterocycles. The molecule has 0 radical (unpaired) electrons. The van der Waals surface area contributed by atoms with Crippen molar-refractivity contribution in [2.45, 2.75) is 4.90 Å². The lowest BCUT2D eigenvalue weighted by molar-refractivity contribution is -0.123. The summed E-state index contributed by atoms with van der Waals surface area (Å²) >= 11 is 7.09. The summed E-state index contributed by atoms with van der Waals surface area (Å²) < 4.78 is 0. The quantitative estimate of drug-likeness (QED) is 0.843. The molecule has 0 bridgehead atoms. The van der Waals surface area contributed by atoms with Crippen LogP contribution in [0.2, 0.25) is 5.02 Å². The molecule has 2 N–H and O–H groups in total. The van der Waals surface area contributed by atoms with E-state index in [1.165, 1.54) is 11.8 Å². The van der Waals surface area contributed by atoms with Gasteiger partial charge in [0.15, 0.2) is 0 Å². The third-order valence-corrected chi connectivity index (χ3v) is 4.32. The average molecular weight is 331 g/mol. The Hall–Kier alpha value is -2.24. The molecule has 0 aliphatic carbocycles. The first-order valence-corrected chi connectivity index (χ1v) is 7.68. The van der Waals surface area contributed by atoms with E-state index < -0.39 is 11.8 Å². The van der Waals surface area contributed by atoms with Gasteiger partial charge in [0.25, 0.3) is 11.8 Å². The second-order valence-corrected chi connectivity index (χ2v) is 6.05. The second-order valence-electron chi connectivity index (χ2n) is 4.53. The zero-order valence-electron chi connectivity index (χ0n) is 11.3. The third kappa shape index (κ3) is 3.16. The van der Waals surface area contributed by atoms with Crippen molar-refractivity contribution in [3.8, 4) is 0 Å². The third-order valence-electron chi connectivity index (χ3n) is 2.96. The standard InChI is InChI=1S/C16H11ClN2O2S/c17-10-6-8-11(9-7-10)18-13-14(16(21)19-15(13)20)22-12-4-2-1-3-5-12/h1-9H,(H2,18,19,20,21). The van der Waals surface area contributed by atoms with Crippen LogP contribution in [0.25, 0.3) is 0 Å². The van der Waals surface area contributed by atoms with Crippen LogP contribution in [0.4, 0.5) is 5.69 Å². The Balaban J connectivity index is 1.91. The molecular formula is C16H11ClN2O2S. The van der Waals surface area contributed by atoms with Crippen molar-refractivity contribution in [1.29, 1.82) is 0 Å². The van der Waals surface area contributed by atoms with Gasteiger partial charge in [0.2, 0.25) is 0 Å². The van der Waals surface area contributed by atoms with E-state index in [-0.39, 0.29) is 5.70 Å². The first-order valence-electron chi connectivity index (χ1n) is 6.49. The molecule has 2 amide bonds. The predicted octanol–water partition coefficient (Wildman–Crippen LogP) is 3.41. The molecule has 1 aliphatic rings. The van der Waals surface area contributed by atoms with E-state index in [1.807, 2.05) is 30.3 Å². The molecule has 6 heteroatoms. The molecule has 0 saturated carbocycles. The maximum atomic E-state index is 12.0. The summed E-state index contributed by atoms with van der Waals surface area (Å²) in [6, 6.07) is 16.3. The Morgan fingerprint density at radius 3 is 2.27 bits per heavy atom. The molecule has 0 unspecified atom stereocenters. The van der Waals surface area contributed by atoms with Gasteiger partial charge in [-0.25, -0.2) is 0 Å². The van der Waals surface area contributed by atoms with Crippen LogP contribution < -0.4 is 10.6 Å². The summed E-state index contributed by atoms with van der Waals surface area (Å²) in [7, 11) is 0. The van der Waals surface area contributed by atoms with Crippen molar-refractivity contribution in [2.75, 3.05) is 5.32 Å². The van der Waals surface area contributed by atoms with Crippen LogP contribution >= 0.6 is 23.4 Å². The van der Waals surface area contributed by atoms with E-state index >= 15 is 0 Å². The maximum Gasteiger partial charge on any atom is 0.275 e. The van der Waals surface area contributed by atoms with E-state index in [0.29, 0.717) is 15.6 Å². The number of hydrogen-bond donors (Lipinski definition) is 2. The van der Waals surface area contributed by atoms with Crippen LogP contribution in [-0.2, 0) is 9.59 Å². The second kappa shape index (κ2) is 6.25. The van der Waals surface area contributed by atoms with E-state index in [4.69, 9.17) is 11.6 Å². The van der Waals surface area contributed by atoms with Gasteiger partial charge in [0, 0.05) is 15.6 Å². The highest BCUT2D eigenvalue weighted by Gasteiger charge is 2.31. The number of rotatable bonds is 4. The minimum atomic E-state index is -0.432. The van der Waals surface area contributed by atoms with E-state index in [2.05, 4.69) is 10.6 Å². The summed E-state index contributed by atoms with van der Waals surface area (Å²) in [5, 5.41) is 5.90. The Labute approximate surface area is 136 Å². The minimum Gasteiger partial charge on any atom is -0.350 e. The fraction of sp³-hybridized carbons (Fsp3) is 0. The summed E-state index contributed by atoms with van der Waals surface area (Å²) in [5.41, 5.74) is 0.941. The predicted molar refractivity (Wildman–Crippen MR) is 87.5 cm³/mol. The number of nitrogens with one attached hydrogen (secondary N) is 2. The largest absolute Gasteiger partial charge is 0.350 e. The highest BCUT2D eigenvalue weighted by molar-refractivity contribution is 8.04. The van der Waals surface area contributed by atoms with Gasteiger partial charge in [-0.3, -0.25) is 14.9 Å². The Bertz CT molecular complexity index is 757. The molecule has 110 valence electrons. The number of carbonyl (C=O) groups is 2. The molecule has 3 rings (SSSR count). The molecule has 2 aromatic rings. The lowest BCUT2D eigenvalue weighted by Gasteiger charge is -2.07. The van der Waals surface area contributed by atoms with Gasteiger partial charge in [0.05, 0.1) is 0 Å². The average Bonchev–Trinajstić information content (AvgIpc) is 2.77. The molecule has 4 nitrogen and oxygen atoms in total. The highest BCUT2D eigenvalue weighted by atomic mass is 35.5. The van der Waals surface area contributed by atoms with Gasteiger partial charge >= 0.3 is 0 Å². The molecule has 22 heavy (non-hydrogen) atoms. The fourth-order valence-corrected chi connectivity index (χ4v) is 2.98. The van der Waals surface area contributed by atoms with Crippen LogP contribution in [0, 0.1) is 0 Å². The Kier molecular flexibility index (Phi) is 4.18. The van der Waals surface area contributed by atoms with Gasteiger partial charge in [-0.05, 0) is 36.4 Å². The van der Waals surface area contributed by atoms with Gasteiger partial charge in [-0.2, -0.15) is 0 Å². The van der Waals surface area contributed by atoms with Crippen molar-refractivity contribution < 1.29 is 9.59 Å². The zero-order valence-corrected chi connectivity index (χ0v) is 12.9. The van der Waals surface area contributed by atoms with Crippen LogP contribution in [0.15, 0.2) is 70.1 Å². The first kappa shape index (κ1) is 14.7. The summed E-state index contributed by atoms with van der Waals surface area (Å²) in [6.07, 6.45) is 0. The molecular weight excluding hydrogens is 320 g/mol. The fourth-order valence-electron chi connectivity index (χ4n) is 1.93. The topological polar surface area (TPSA) is 58.2 Å². The van der Waals surface area contributed by atoms with Gasteiger partial charge < -0.3 is 5.32 Å². The van der Waals surface area contributed by atoms with E-state index in [0.717, 1.165) is 4.90 Å². The lowest BCUT2D eigenvalue weighted by Crippen LogP contribution is -2.24. The number of benzene rings is 2. The van der Waals surface area contributed by atoms with Crippen LogP contribution in [-0.4, -0.2) is 11.8 Å². The first-order chi connectivity index (χ1) is 10.6. The number of imide groups is 1. The van der Waals surface area contributed by atoms with Gasteiger partial charge in [-0.1, -0.05) is 41.6 Å². The van der Waals surface area contributed by atoms with Crippen molar-refractivity contribution in [2.24, 2.45) is 0 Å². The van der Waals surface area contributed by atoms with E-state index in [9.17, 15) is 9.59 Å². The normalized spacial score (nSPS) is 14.2. The van der Waals surface area contributed by atoms with E-state index in [1.54, 1.807) is 24.3 Å². The molecule has 1 heterocycles. The molecule has 0 saturated heterocycles. The Morgan fingerprint density at radius 1 is 0.909 bits per heavy atom. The number of hydrogen-bond acceptors (Lipinski definition) is 4. The molecule has 2 aromatic carbocycles. The highest BCUT2D eigenvalue weighted by Crippen LogP contribution is 2.32. The van der Waals surface area contributed by atoms with Crippen LogP contribution in [0.3, 0.4) is 0 Å². The maximum absolute atomic E-state index is 12.0. The van der Waals surface area contributed by atoms with Crippen molar-refractivity contribution in [3.63, 3.8) is 0 Å². The smallest absolute Gasteiger partial charge is 0.275 e. The number of anilines is 1. The van der Waals surface area contributed by atoms with Gasteiger partial charge in [0.1, 0.15) is 10.6 Å². The molecule has 0 spiro atoms.